The van der Waals surface area contributed by atoms with E-state index in [1.165, 1.54) is 9.80 Å². The molecule has 0 radical (unpaired) electrons. The molecule has 1 heterocycles. The third-order valence-corrected chi connectivity index (χ3v) is 2.89. The van der Waals surface area contributed by atoms with Crippen molar-refractivity contribution in [2.24, 2.45) is 11.7 Å². The minimum absolute atomic E-state index is 0.00837. The minimum Gasteiger partial charge on any atom is -0.481 e. The molecular weight excluding hydrogens is 238 g/mol. The third kappa shape index (κ3) is 3.61. The number of nitrogens with two attached hydrogens (primary N) is 1. The normalized spacial score (nSPS) is 15.4. The Bertz CT molecular complexity index is 350. The molecule has 1 aliphatic heterocycles. The molecule has 1 rings (SSSR count). The average Bonchev–Trinajstić information content (AvgIpc) is 2.17. The summed E-state index contributed by atoms with van der Waals surface area (Å²) in [5.41, 5.74) is 5.09. The van der Waals surface area contributed by atoms with Crippen LogP contribution in [0, 0.1) is 5.92 Å². The van der Waals surface area contributed by atoms with Crippen molar-refractivity contribution >= 4 is 17.9 Å². The van der Waals surface area contributed by atoms with Crippen molar-refractivity contribution in [2.45, 2.75) is 26.3 Å². The lowest BCUT2D eigenvalue weighted by Gasteiger charge is -2.42. The van der Waals surface area contributed by atoms with Crippen molar-refractivity contribution in [1.82, 2.24) is 9.80 Å². The maximum atomic E-state index is 12.0. The smallest absolute Gasteiger partial charge is 0.320 e. The Morgan fingerprint density at radius 3 is 2.33 bits per heavy atom. The van der Waals surface area contributed by atoms with Gasteiger partial charge in [0.2, 0.25) is 5.91 Å². The number of carbonyl (C=O) groups excluding carboxylic acids is 2. The van der Waals surface area contributed by atoms with E-state index in [0.717, 1.165) is 0 Å². The van der Waals surface area contributed by atoms with Crippen LogP contribution in [0.5, 0.6) is 0 Å². The molecule has 0 bridgehead atoms. The van der Waals surface area contributed by atoms with Crippen molar-refractivity contribution < 1.29 is 19.5 Å². The average molecular weight is 257 g/mol. The number of hydrogen-bond acceptors (Lipinski definition) is 3. The molecule has 1 aliphatic rings. The van der Waals surface area contributed by atoms with Gasteiger partial charge < -0.3 is 20.6 Å². The predicted octanol–water partition coefficient (Wildman–Crippen LogP) is -0.291. The summed E-state index contributed by atoms with van der Waals surface area (Å²) in [7, 11) is 0. The Morgan fingerprint density at radius 2 is 1.94 bits per heavy atom. The molecule has 0 aromatic heterocycles. The highest BCUT2D eigenvalue weighted by atomic mass is 16.4. The van der Waals surface area contributed by atoms with E-state index < -0.39 is 11.9 Å². The number of carbonyl (C=O) groups is 3. The summed E-state index contributed by atoms with van der Waals surface area (Å²) in [5.74, 6) is -1.40. The van der Waals surface area contributed by atoms with Gasteiger partial charge in [-0.2, -0.15) is 0 Å². The van der Waals surface area contributed by atoms with Crippen LogP contribution in [0.15, 0.2) is 0 Å². The Morgan fingerprint density at radius 1 is 1.39 bits per heavy atom. The molecule has 0 unspecified atom stereocenters. The number of aliphatic carboxylic acids is 1. The maximum absolute atomic E-state index is 12.0. The van der Waals surface area contributed by atoms with Gasteiger partial charge in [-0.15, -0.1) is 0 Å². The van der Waals surface area contributed by atoms with Gasteiger partial charge >= 0.3 is 12.0 Å². The van der Waals surface area contributed by atoms with E-state index in [9.17, 15) is 14.4 Å². The highest BCUT2D eigenvalue weighted by Gasteiger charge is 2.35. The first-order chi connectivity index (χ1) is 8.31. The SMILES string of the molecule is CC(C)N(CC(N)=O)C(=O)N1CC(CC(=O)O)C1. The second-order valence-electron chi connectivity index (χ2n) is 4.84. The van der Waals surface area contributed by atoms with E-state index in [1.54, 1.807) is 13.8 Å². The standard InChI is InChI=1S/C11H19N3O4/c1-7(2)14(6-9(12)15)11(18)13-4-8(5-13)3-10(16)17/h7-8H,3-6H2,1-2H3,(H2,12,15)(H,16,17). The highest BCUT2D eigenvalue weighted by molar-refractivity contribution is 5.83. The highest BCUT2D eigenvalue weighted by Crippen LogP contribution is 2.21. The van der Waals surface area contributed by atoms with Crippen LogP contribution in [0.25, 0.3) is 0 Å². The first-order valence-corrected chi connectivity index (χ1v) is 5.87. The number of likely N-dealkylation sites (tertiary alicyclic amines) is 1. The van der Waals surface area contributed by atoms with Gasteiger partial charge in [-0.25, -0.2) is 4.79 Å². The van der Waals surface area contributed by atoms with Crippen molar-refractivity contribution in [1.29, 1.82) is 0 Å². The summed E-state index contributed by atoms with van der Waals surface area (Å²) in [4.78, 5) is 36.3. The molecule has 3 amide bonds. The molecule has 1 saturated heterocycles. The minimum atomic E-state index is -0.857. The summed E-state index contributed by atoms with van der Waals surface area (Å²) in [5, 5.41) is 8.62. The fourth-order valence-corrected chi connectivity index (χ4v) is 1.92. The molecule has 0 aromatic carbocycles. The lowest BCUT2D eigenvalue weighted by molar-refractivity contribution is -0.139. The summed E-state index contributed by atoms with van der Waals surface area (Å²) >= 11 is 0. The Kier molecular flexibility index (Phi) is 4.52. The van der Waals surface area contributed by atoms with Gasteiger partial charge in [0, 0.05) is 25.0 Å². The first kappa shape index (κ1) is 14.3. The molecule has 102 valence electrons. The second-order valence-corrected chi connectivity index (χ2v) is 4.84. The molecule has 0 saturated carbocycles. The first-order valence-electron chi connectivity index (χ1n) is 5.87. The number of carboxylic acids is 1. The number of carboxylic acid groups (broad SMARTS) is 1. The van der Waals surface area contributed by atoms with Crippen LogP contribution >= 0.6 is 0 Å². The van der Waals surface area contributed by atoms with Crippen molar-refractivity contribution in [3.63, 3.8) is 0 Å². The zero-order valence-electron chi connectivity index (χ0n) is 10.6. The number of hydrogen-bond donors (Lipinski definition) is 2. The number of nitrogens with zero attached hydrogens (tertiary/aromatic N) is 2. The van der Waals surface area contributed by atoms with Crippen molar-refractivity contribution in [2.75, 3.05) is 19.6 Å². The number of amides is 3. The van der Waals surface area contributed by atoms with E-state index in [1.807, 2.05) is 0 Å². The van der Waals surface area contributed by atoms with Crippen LogP contribution in [-0.2, 0) is 9.59 Å². The van der Waals surface area contributed by atoms with Gasteiger partial charge in [0.15, 0.2) is 0 Å². The molecule has 0 aromatic rings. The number of primary amides is 1. The Labute approximate surface area is 106 Å². The molecule has 7 heteroatoms. The second kappa shape index (κ2) is 5.70. The summed E-state index contributed by atoms with van der Waals surface area (Å²) in [6.07, 6.45) is 0.0707. The number of urea groups is 1. The van der Waals surface area contributed by atoms with Gasteiger partial charge in [-0.3, -0.25) is 9.59 Å². The quantitative estimate of drug-likeness (QED) is 0.706. The molecule has 18 heavy (non-hydrogen) atoms. The van der Waals surface area contributed by atoms with Gasteiger partial charge in [-0.1, -0.05) is 0 Å². The molecule has 3 N–H and O–H groups in total. The van der Waals surface area contributed by atoms with Crippen LogP contribution in [0.2, 0.25) is 0 Å². The lowest BCUT2D eigenvalue weighted by Crippen LogP contribution is -2.57. The number of rotatable bonds is 5. The van der Waals surface area contributed by atoms with Crippen LogP contribution in [0.4, 0.5) is 4.79 Å². The van der Waals surface area contributed by atoms with Gasteiger partial charge in [-0.05, 0) is 13.8 Å². The summed E-state index contributed by atoms with van der Waals surface area (Å²) < 4.78 is 0. The monoisotopic (exact) mass is 257 g/mol. The fourth-order valence-electron chi connectivity index (χ4n) is 1.92. The van der Waals surface area contributed by atoms with E-state index in [0.29, 0.717) is 13.1 Å². The van der Waals surface area contributed by atoms with Gasteiger partial charge in [0.25, 0.3) is 0 Å². The molecule has 0 spiro atoms. The summed E-state index contributed by atoms with van der Waals surface area (Å²) in [6, 6.07) is -0.381. The molecular formula is C11H19N3O4. The largest absolute Gasteiger partial charge is 0.481 e. The molecule has 0 aliphatic carbocycles. The van der Waals surface area contributed by atoms with Gasteiger partial charge in [0.1, 0.15) is 6.54 Å². The Balaban J connectivity index is 2.49. The van der Waals surface area contributed by atoms with Crippen LogP contribution in [-0.4, -0.2) is 58.5 Å². The van der Waals surface area contributed by atoms with E-state index >= 15 is 0 Å². The fraction of sp³-hybridized carbons (Fsp3) is 0.727. The van der Waals surface area contributed by atoms with Crippen LogP contribution in [0.3, 0.4) is 0 Å². The van der Waals surface area contributed by atoms with Crippen molar-refractivity contribution in [3.8, 4) is 0 Å². The molecule has 0 atom stereocenters. The van der Waals surface area contributed by atoms with E-state index in [2.05, 4.69) is 0 Å². The zero-order chi connectivity index (χ0) is 13.9. The van der Waals surface area contributed by atoms with Crippen molar-refractivity contribution in [3.05, 3.63) is 0 Å². The van der Waals surface area contributed by atoms with E-state index in [4.69, 9.17) is 10.8 Å². The van der Waals surface area contributed by atoms with E-state index in [-0.39, 0.29) is 31.0 Å². The predicted molar refractivity (Wildman–Crippen MR) is 63.7 cm³/mol. The zero-order valence-corrected chi connectivity index (χ0v) is 10.6. The maximum Gasteiger partial charge on any atom is 0.320 e. The summed E-state index contributed by atoms with van der Waals surface area (Å²) in [6.45, 7) is 4.33. The van der Waals surface area contributed by atoms with Gasteiger partial charge in [0.05, 0.1) is 6.42 Å². The third-order valence-electron chi connectivity index (χ3n) is 2.89. The lowest BCUT2D eigenvalue weighted by atomic mass is 9.97. The topological polar surface area (TPSA) is 104 Å². The van der Waals surface area contributed by atoms with Crippen LogP contribution in [0.1, 0.15) is 20.3 Å². The molecule has 7 nitrogen and oxygen atoms in total. The van der Waals surface area contributed by atoms with Crippen LogP contribution < -0.4 is 5.73 Å². The molecule has 1 fully saturated rings. The Hall–Kier alpha value is -1.79.